The predicted molar refractivity (Wildman–Crippen MR) is 323 cm³/mol. The number of methoxy groups -OCH3 is 1. The number of benzene rings is 3. The van der Waals surface area contributed by atoms with Crippen molar-refractivity contribution in [2.45, 2.75) is 65.1 Å². The van der Waals surface area contributed by atoms with Gasteiger partial charge in [-0.2, -0.15) is 5.10 Å². The first kappa shape index (κ1) is 67.7. The van der Waals surface area contributed by atoms with Crippen LogP contribution in [0.5, 0.6) is 11.5 Å². The van der Waals surface area contributed by atoms with Crippen molar-refractivity contribution in [3.63, 3.8) is 0 Å². The zero-order chi connectivity index (χ0) is 62.5. The van der Waals surface area contributed by atoms with E-state index in [1.807, 2.05) is 81.1 Å². The van der Waals surface area contributed by atoms with Crippen molar-refractivity contribution in [2.24, 2.45) is 0 Å². The Kier molecular flexibility index (Phi) is 26.1. The number of carbonyl (C=O) groups is 6. The second-order valence-corrected chi connectivity index (χ2v) is 22.8. The van der Waals surface area contributed by atoms with Gasteiger partial charge < -0.3 is 64.0 Å². The van der Waals surface area contributed by atoms with Crippen molar-refractivity contribution in [2.75, 3.05) is 164 Å². The van der Waals surface area contributed by atoms with Gasteiger partial charge in [-0.25, -0.2) is 4.68 Å². The first-order valence-corrected chi connectivity index (χ1v) is 29.8. The van der Waals surface area contributed by atoms with Gasteiger partial charge in [0, 0.05) is 111 Å². The average Bonchev–Trinajstić information content (AvgIpc) is 1.68. The van der Waals surface area contributed by atoms with Crippen LogP contribution in [0.3, 0.4) is 0 Å². The molecule has 1 unspecified atom stereocenters. The third kappa shape index (κ3) is 20.7. The fourth-order valence-corrected chi connectivity index (χ4v) is 10.9. The molecule has 3 aromatic carbocycles. The van der Waals surface area contributed by atoms with E-state index < -0.39 is 23.4 Å². The summed E-state index contributed by atoms with van der Waals surface area (Å²) in [5.74, 6) is -2.47. The lowest BCUT2D eigenvalue weighted by Crippen LogP contribution is -2.55. The minimum absolute atomic E-state index is 0.0678. The molecule has 2 fully saturated rings. The highest BCUT2D eigenvalue weighted by molar-refractivity contribution is 6.30. The van der Waals surface area contributed by atoms with Crippen molar-refractivity contribution < 1.29 is 77.2 Å². The molecule has 476 valence electrons. The van der Waals surface area contributed by atoms with Crippen molar-refractivity contribution in [3.8, 4) is 39.6 Å². The minimum Gasteiger partial charge on any atom is -0.496 e. The third-order valence-corrected chi connectivity index (χ3v) is 15.5. The van der Waals surface area contributed by atoms with Gasteiger partial charge in [-0.15, -0.1) is 0 Å². The molecule has 0 spiro atoms. The van der Waals surface area contributed by atoms with Crippen LogP contribution in [0, 0.1) is 6.92 Å². The van der Waals surface area contributed by atoms with E-state index in [1.54, 1.807) is 32.6 Å². The summed E-state index contributed by atoms with van der Waals surface area (Å²) >= 11 is 6.60. The smallest absolute Gasteiger partial charge is 0.317 e. The molecule has 0 bridgehead atoms. The SMILES string of the molecule is COc1cc2c(cc1-c1cccc(NC(=O)CCOCCOCCOCCOCCNC(=O)CCC(C)N3CCN(CC(=O)O)CCN(CC(=O)O)CCN(CC(=O)O)CC3)c1)-c1c(c(C(=O)N3CCOCC3(C)C)nn1-c1cc(C)cc(Cl)c1)CO2. The van der Waals surface area contributed by atoms with Gasteiger partial charge in [0.05, 0.1) is 116 Å². The zero-order valence-corrected chi connectivity index (χ0v) is 51.3. The summed E-state index contributed by atoms with van der Waals surface area (Å²) in [4.78, 5) is 84.3. The van der Waals surface area contributed by atoms with Crippen LogP contribution >= 0.6 is 11.6 Å². The second-order valence-electron chi connectivity index (χ2n) is 22.3. The molecule has 4 heterocycles. The molecule has 87 heavy (non-hydrogen) atoms. The molecule has 0 aliphatic carbocycles. The fourth-order valence-electron chi connectivity index (χ4n) is 10.7. The van der Waals surface area contributed by atoms with Crippen LogP contribution in [0.15, 0.2) is 54.6 Å². The molecular formula is C61H84ClN9O16. The molecule has 1 atom stereocenters. The number of amides is 3. The van der Waals surface area contributed by atoms with Crippen LogP contribution in [-0.4, -0.2) is 255 Å². The molecule has 7 rings (SSSR count). The van der Waals surface area contributed by atoms with Gasteiger partial charge >= 0.3 is 17.9 Å². The zero-order valence-electron chi connectivity index (χ0n) is 50.5. The number of aryl methyl sites for hydroxylation is 1. The van der Waals surface area contributed by atoms with E-state index in [0.717, 1.165) is 16.7 Å². The number of hydrogen-bond acceptors (Lipinski definition) is 18. The van der Waals surface area contributed by atoms with E-state index >= 15 is 0 Å². The maximum Gasteiger partial charge on any atom is 0.317 e. The molecule has 2 saturated heterocycles. The first-order valence-electron chi connectivity index (χ1n) is 29.5. The Bertz CT molecular complexity index is 2930. The van der Waals surface area contributed by atoms with Crippen LogP contribution in [0.4, 0.5) is 5.69 Å². The lowest BCUT2D eigenvalue weighted by atomic mass is 9.95. The Hall–Kier alpha value is -6.78. The van der Waals surface area contributed by atoms with Crippen LogP contribution in [-0.2, 0) is 54.3 Å². The predicted octanol–water partition coefficient (Wildman–Crippen LogP) is 4.48. The van der Waals surface area contributed by atoms with Crippen molar-refractivity contribution in [1.29, 1.82) is 0 Å². The average molecular weight is 1230 g/mol. The van der Waals surface area contributed by atoms with E-state index in [-0.39, 0.29) is 81.8 Å². The standard InChI is InChI=1S/C61H84ClN9O16/c1-42-31-45(62)34-47(32-42)71-59-49-35-48(51(81-5)36-52(49)87-40-50(59)58(65-71)60(80)70-21-24-86-41-61(70,3)4)44-7-6-8-46(33-44)64-54(73)11-22-82-25-27-84-29-30-85-28-26-83-23-12-63-53(72)10-9-43(2)69-19-17-67(38-56(76)77)15-13-66(37-55(74)75)14-16-68(18-20-69)39-57(78)79/h6-8,31-36,43H,9-30,37-41H2,1-5H3,(H,63,72)(H,64,73)(H,74,75)(H,76,77)(H,78,79). The van der Waals surface area contributed by atoms with E-state index in [2.05, 4.69) is 15.5 Å². The van der Waals surface area contributed by atoms with Crippen molar-refractivity contribution in [1.82, 2.24) is 39.6 Å². The molecule has 5 N–H and O–H groups in total. The molecule has 4 aromatic rings. The molecule has 25 nitrogen and oxygen atoms in total. The van der Waals surface area contributed by atoms with E-state index in [0.29, 0.717) is 169 Å². The Balaban J connectivity index is 0.782. The molecule has 3 amide bonds. The van der Waals surface area contributed by atoms with Gasteiger partial charge in [-0.3, -0.25) is 48.4 Å². The van der Waals surface area contributed by atoms with Crippen LogP contribution in [0.1, 0.15) is 61.6 Å². The van der Waals surface area contributed by atoms with E-state index in [9.17, 15) is 44.1 Å². The molecule has 0 radical (unpaired) electrons. The summed E-state index contributed by atoms with van der Waals surface area (Å²) in [5, 5.41) is 39.8. The number of nitrogens with zero attached hydrogens (tertiary/aromatic N) is 7. The number of carboxylic acids is 3. The molecule has 3 aliphatic rings. The largest absolute Gasteiger partial charge is 0.496 e. The van der Waals surface area contributed by atoms with Gasteiger partial charge in [0.2, 0.25) is 11.8 Å². The minimum atomic E-state index is -1.01. The highest BCUT2D eigenvalue weighted by Crippen LogP contribution is 2.47. The van der Waals surface area contributed by atoms with Crippen LogP contribution in [0.2, 0.25) is 5.02 Å². The molecular weight excluding hydrogens is 1150 g/mol. The Morgan fingerprint density at radius 2 is 1.31 bits per heavy atom. The van der Waals surface area contributed by atoms with Gasteiger partial charge in [0.25, 0.3) is 5.91 Å². The summed E-state index contributed by atoms with van der Waals surface area (Å²) in [6.07, 6.45) is 0.884. The number of carbonyl (C=O) groups excluding carboxylic acids is 3. The van der Waals surface area contributed by atoms with Gasteiger partial charge in [-0.05, 0) is 81.6 Å². The normalized spacial score (nSPS) is 16.6. The van der Waals surface area contributed by atoms with Crippen molar-refractivity contribution >= 4 is 52.9 Å². The van der Waals surface area contributed by atoms with Crippen molar-refractivity contribution in [3.05, 3.63) is 76.4 Å². The quantitative estimate of drug-likeness (QED) is 0.0450. The lowest BCUT2D eigenvalue weighted by Gasteiger charge is -2.41. The van der Waals surface area contributed by atoms with Gasteiger partial charge in [-0.1, -0.05) is 23.7 Å². The summed E-state index contributed by atoms with van der Waals surface area (Å²) in [6.45, 7) is 14.4. The number of ether oxygens (including phenoxy) is 7. The molecule has 3 aliphatic heterocycles. The summed E-state index contributed by atoms with van der Waals surface area (Å²) in [6, 6.07) is 16.8. The summed E-state index contributed by atoms with van der Waals surface area (Å²) in [5.41, 5.74) is 5.48. The van der Waals surface area contributed by atoms with E-state index in [4.69, 9.17) is 49.9 Å². The number of anilines is 1. The Morgan fingerprint density at radius 1 is 0.713 bits per heavy atom. The van der Waals surface area contributed by atoms with Gasteiger partial charge in [0.15, 0.2) is 5.69 Å². The maximum absolute atomic E-state index is 14.4. The Morgan fingerprint density at radius 3 is 1.90 bits per heavy atom. The molecule has 26 heteroatoms. The van der Waals surface area contributed by atoms with Crippen LogP contribution < -0.4 is 20.1 Å². The van der Waals surface area contributed by atoms with E-state index in [1.165, 1.54) is 0 Å². The highest BCUT2D eigenvalue weighted by Gasteiger charge is 2.39. The molecule has 0 saturated carbocycles. The number of rotatable bonds is 30. The Labute approximate surface area is 512 Å². The monoisotopic (exact) mass is 1230 g/mol. The summed E-state index contributed by atoms with van der Waals surface area (Å²) < 4.78 is 42.3. The van der Waals surface area contributed by atoms with Gasteiger partial charge in [0.1, 0.15) is 18.1 Å². The number of morpholine rings is 1. The number of halogens is 1. The molecule has 1 aromatic heterocycles. The fraction of sp³-hybridized carbons (Fsp3) is 0.557. The number of aliphatic carboxylic acids is 3. The van der Waals surface area contributed by atoms with Crippen LogP contribution in [0.25, 0.3) is 28.1 Å². The topological polar surface area (TPSA) is 286 Å². The highest BCUT2D eigenvalue weighted by atomic mass is 35.5. The maximum atomic E-state index is 14.4. The first-order chi connectivity index (χ1) is 41.8. The lowest BCUT2D eigenvalue weighted by molar-refractivity contribution is -0.140. The second kappa shape index (κ2) is 33.5. The number of fused-ring (bicyclic) bond motifs is 3. The number of hydrogen-bond donors (Lipinski definition) is 5. The summed E-state index contributed by atoms with van der Waals surface area (Å²) in [7, 11) is 1.59. The number of carboxylic acid groups (broad SMARTS) is 3. The third-order valence-electron chi connectivity index (χ3n) is 15.3. The number of aromatic nitrogens is 2. The number of nitrogens with one attached hydrogen (secondary N) is 2.